The van der Waals surface area contributed by atoms with E-state index in [1.54, 1.807) is 48.5 Å². The first-order valence-electron chi connectivity index (χ1n) is 10.7. The predicted octanol–water partition coefficient (Wildman–Crippen LogP) is 5.35. The van der Waals surface area contributed by atoms with Gasteiger partial charge in [0.1, 0.15) is 5.75 Å². The molecule has 1 heterocycles. The van der Waals surface area contributed by atoms with Crippen LogP contribution in [0.2, 0.25) is 0 Å². The smallest absolute Gasteiger partial charge is 0.363 e. The number of aryl methyl sites for hydroxylation is 1. The highest BCUT2D eigenvalue weighted by Crippen LogP contribution is 2.39. The molecule has 36 heavy (non-hydrogen) atoms. The molecule has 0 fully saturated rings. The number of nitrogens with zero attached hydrogens (tertiary/aromatic N) is 1. The first-order chi connectivity index (χ1) is 17.3. The van der Waals surface area contributed by atoms with Crippen LogP contribution in [0.15, 0.2) is 69.8 Å². The van der Waals surface area contributed by atoms with Gasteiger partial charge in [0.15, 0.2) is 17.2 Å². The van der Waals surface area contributed by atoms with Crippen molar-refractivity contribution in [1.29, 1.82) is 0 Å². The van der Waals surface area contributed by atoms with Gasteiger partial charge in [-0.05, 0) is 55.5 Å². The summed E-state index contributed by atoms with van der Waals surface area (Å²) in [6.07, 6.45) is 1.50. The summed E-state index contributed by atoms with van der Waals surface area (Å²) in [6, 6.07) is 15.4. The SMILES string of the molecule is COc1cc(C2=N/C(=C/c3cc(Br)ccc3OC(=O)c3cccc(C)c3)C(=O)O2)cc(OC)c1OC. The number of carbonyl (C=O) groups is 2. The number of cyclic esters (lactones) is 1. The van der Waals surface area contributed by atoms with E-state index in [4.69, 9.17) is 23.7 Å². The maximum atomic E-state index is 12.7. The molecule has 0 aromatic heterocycles. The quantitative estimate of drug-likeness (QED) is 0.222. The molecule has 0 saturated heterocycles. The van der Waals surface area contributed by atoms with Crippen LogP contribution in [0.5, 0.6) is 23.0 Å². The van der Waals surface area contributed by atoms with E-state index in [-0.39, 0.29) is 17.3 Å². The van der Waals surface area contributed by atoms with Gasteiger partial charge in [-0.25, -0.2) is 14.6 Å². The summed E-state index contributed by atoms with van der Waals surface area (Å²) >= 11 is 3.41. The fraction of sp³-hybridized carbons (Fsp3) is 0.148. The maximum absolute atomic E-state index is 12.7. The van der Waals surface area contributed by atoms with Gasteiger partial charge in [0.2, 0.25) is 11.6 Å². The molecule has 0 aliphatic carbocycles. The fourth-order valence-corrected chi connectivity index (χ4v) is 3.92. The molecule has 3 aromatic carbocycles. The van der Waals surface area contributed by atoms with E-state index in [2.05, 4.69) is 20.9 Å². The molecule has 0 saturated carbocycles. The van der Waals surface area contributed by atoms with E-state index in [0.29, 0.717) is 33.9 Å². The van der Waals surface area contributed by atoms with Crippen molar-refractivity contribution >= 4 is 39.8 Å². The minimum Gasteiger partial charge on any atom is -0.493 e. The molecule has 3 aromatic rings. The van der Waals surface area contributed by atoms with Crippen LogP contribution in [0.4, 0.5) is 0 Å². The molecule has 0 N–H and O–H groups in total. The molecule has 4 rings (SSSR count). The summed E-state index contributed by atoms with van der Waals surface area (Å²) in [5.74, 6) is 0.339. The van der Waals surface area contributed by atoms with Gasteiger partial charge < -0.3 is 23.7 Å². The monoisotopic (exact) mass is 551 g/mol. The summed E-state index contributed by atoms with van der Waals surface area (Å²) in [7, 11) is 4.47. The van der Waals surface area contributed by atoms with Crippen molar-refractivity contribution in [1.82, 2.24) is 0 Å². The van der Waals surface area contributed by atoms with Crippen LogP contribution >= 0.6 is 15.9 Å². The van der Waals surface area contributed by atoms with Gasteiger partial charge in [-0.2, -0.15) is 0 Å². The third-order valence-electron chi connectivity index (χ3n) is 5.25. The molecule has 0 atom stereocenters. The third-order valence-corrected chi connectivity index (χ3v) is 5.75. The largest absolute Gasteiger partial charge is 0.493 e. The number of hydrogen-bond donors (Lipinski definition) is 0. The Labute approximate surface area is 216 Å². The van der Waals surface area contributed by atoms with Gasteiger partial charge in [-0.3, -0.25) is 0 Å². The first kappa shape index (κ1) is 25.0. The fourth-order valence-electron chi connectivity index (χ4n) is 3.54. The van der Waals surface area contributed by atoms with Crippen LogP contribution in [0.1, 0.15) is 27.0 Å². The topological polar surface area (TPSA) is 92.7 Å². The Morgan fingerprint density at radius 2 is 1.67 bits per heavy atom. The summed E-state index contributed by atoms with van der Waals surface area (Å²) in [6.45, 7) is 1.89. The number of carbonyl (C=O) groups excluding carboxylic acids is 2. The zero-order valence-corrected chi connectivity index (χ0v) is 21.5. The van der Waals surface area contributed by atoms with Gasteiger partial charge in [-0.15, -0.1) is 0 Å². The zero-order chi connectivity index (χ0) is 25.8. The highest BCUT2D eigenvalue weighted by atomic mass is 79.9. The van der Waals surface area contributed by atoms with Crippen LogP contribution in [0, 0.1) is 6.92 Å². The second-order valence-corrected chi connectivity index (χ2v) is 8.61. The predicted molar refractivity (Wildman–Crippen MR) is 137 cm³/mol. The molecule has 0 spiro atoms. The summed E-state index contributed by atoms with van der Waals surface area (Å²) in [4.78, 5) is 29.7. The van der Waals surface area contributed by atoms with Crippen molar-refractivity contribution in [2.75, 3.05) is 21.3 Å². The standard InChI is InChI=1S/C27H22BrNO7/c1-15-6-5-7-16(10-15)26(30)35-21-9-8-19(28)11-17(21)12-20-27(31)36-25(29-20)18-13-22(32-2)24(34-4)23(14-18)33-3/h5-14H,1-4H3/b20-12+. The number of halogens is 1. The molecule has 1 aliphatic rings. The highest BCUT2D eigenvalue weighted by molar-refractivity contribution is 9.10. The molecular formula is C27H22BrNO7. The van der Waals surface area contributed by atoms with Crippen LogP contribution in [-0.4, -0.2) is 39.2 Å². The zero-order valence-electron chi connectivity index (χ0n) is 20.0. The Bertz CT molecular complexity index is 1390. The van der Waals surface area contributed by atoms with Crippen molar-refractivity contribution in [3.05, 3.63) is 87.0 Å². The number of esters is 2. The van der Waals surface area contributed by atoms with Gasteiger partial charge in [0.25, 0.3) is 0 Å². The molecule has 8 nitrogen and oxygen atoms in total. The van der Waals surface area contributed by atoms with Crippen molar-refractivity contribution in [2.24, 2.45) is 4.99 Å². The van der Waals surface area contributed by atoms with Crippen LogP contribution < -0.4 is 18.9 Å². The van der Waals surface area contributed by atoms with Crippen LogP contribution in [0.25, 0.3) is 6.08 Å². The minimum absolute atomic E-state index is 0.0321. The number of aliphatic imine (C=N–C) groups is 1. The Kier molecular flexibility index (Phi) is 7.40. The van der Waals surface area contributed by atoms with Gasteiger partial charge in [-0.1, -0.05) is 33.6 Å². The van der Waals surface area contributed by atoms with Gasteiger partial charge >= 0.3 is 11.9 Å². The molecule has 184 valence electrons. The normalized spacial score (nSPS) is 13.8. The first-order valence-corrected chi connectivity index (χ1v) is 11.5. The van der Waals surface area contributed by atoms with E-state index in [0.717, 1.165) is 10.0 Å². The van der Waals surface area contributed by atoms with E-state index < -0.39 is 11.9 Å². The summed E-state index contributed by atoms with van der Waals surface area (Å²) in [5.41, 5.74) is 2.31. The van der Waals surface area contributed by atoms with Crippen molar-refractivity contribution in [3.8, 4) is 23.0 Å². The van der Waals surface area contributed by atoms with Crippen LogP contribution in [-0.2, 0) is 9.53 Å². The molecule has 1 aliphatic heterocycles. The van der Waals surface area contributed by atoms with E-state index >= 15 is 0 Å². The molecule has 0 amide bonds. The van der Waals surface area contributed by atoms with Crippen molar-refractivity contribution in [2.45, 2.75) is 6.92 Å². The molecular weight excluding hydrogens is 530 g/mol. The lowest BCUT2D eigenvalue weighted by atomic mass is 10.1. The minimum atomic E-state index is -0.658. The van der Waals surface area contributed by atoms with Gasteiger partial charge in [0.05, 0.1) is 26.9 Å². The molecule has 0 unspecified atom stereocenters. The third kappa shape index (κ3) is 5.26. The number of benzene rings is 3. The number of methoxy groups -OCH3 is 3. The maximum Gasteiger partial charge on any atom is 0.363 e. The Hall–Kier alpha value is -4.11. The lowest BCUT2D eigenvalue weighted by Gasteiger charge is -2.13. The second kappa shape index (κ2) is 10.7. The number of hydrogen-bond acceptors (Lipinski definition) is 8. The molecule has 9 heteroatoms. The average Bonchev–Trinajstić information content (AvgIpc) is 3.24. The van der Waals surface area contributed by atoms with Gasteiger partial charge in [0, 0.05) is 15.6 Å². The number of rotatable bonds is 7. The van der Waals surface area contributed by atoms with E-state index in [1.807, 2.05) is 13.0 Å². The molecule has 0 bridgehead atoms. The summed E-state index contributed by atoms with van der Waals surface area (Å²) in [5, 5.41) is 0. The Balaban J connectivity index is 1.69. The lowest BCUT2D eigenvalue weighted by molar-refractivity contribution is -0.129. The number of ether oxygens (including phenoxy) is 5. The highest BCUT2D eigenvalue weighted by Gasteiger charge is 2.27. The van der Waals surface area contributed by atoms with E-state index in [9.17, 15) is 9.59 Å². The van der Waals surface area contributed by atoms with Crippen molar-refractivity contribution < 1.29 is 33.3 Å². The lowest BCUT2D eigenvalue weighted by Crippen LogP contribution is -2.09. The van der Waals surface area contributed by atoms with Crippen LogP contribution in [0.3, 0.4) is 0 Å². The molecule has 0 radical (unpaired) electrons. The average molecular weight is 552 g/mol. The summed E-state index contributed by atoms with van der Waals surface area (Å²) < 4.78 is 27.8. The second-order valence-electron chi connectivity index (χ2n) is 7.69. The Morgan fingerprint density at radius 1 is 0.944 bits per heavy atom. The van der Waals surface area contributed by atoms with Crippen molar-refractivity contribution in [3.63, 3.8) is 0 Å². The Morgan fingerprint density at radius 3 is 2.31 bits per heavy atom. The van der Waals surface area contributed by atoms with E-state index in [1.165, 1.54) is 27.4 Å².